The maximum Gasteiger partial charge on any atom is 0.306 e. The monoisotopic (exact) mass is 782 g/mol. The predicted octanol–water partition coefficient (Wildman–Crippen LogP) is 11.6. The summed E-state index contributed by atoms with van der Waals surface area (Å²) in [5, 5.41) is 11.6. The largest absolute Gasteiger partial charge is 0.544 e. The highest BCUT2D eigenvalue weighted by Gasteiger charge is 2.25. The summed E-state index contributed by atoms with van der Waals surface area (Å²) in [6.07, 6.45) is 39.9. The van der Waals surface area contributed by atoms with E-state index in [-0.39, 0.29) is 42.7 Å². The second kappa shape index (κ2) is 39.2. The van der Waals surface area contributed by atoms with Crippen molar-refractivity contribution < 1.29 is 38.2 Å². The Hall–Kier alpha value is -1.67. The third kappa shape index (κ3) is 37.7. The fourth-order valence-corrected chi connectivity index (χ4v) is 7.31. The van der Waals surface area contributed by atoms with Crippen LogP contribution in [-0.2, 0) is 28.6 Å². The summed E-state index contributed by atoms with van der Waals surface area (Å²) in [4.78, 5) is 36.8. The summed E-state index contributed by atoms with van der Waals surface area (Å²) in [6.45, 7) is 4.69. The van der Waals surface area contributed by atoms with E-state index in [0.29, 0.717) is 12.8 Å². The van der Waals surface area contributed by atoms with Crippen molar-refractivity contribution in [2.24, 2.45) is 0 Å². The Morgan fingerprint density at radius 2 is 0.800 bits per heavy atom. The van der Waals surface area contributed by atoms with Gasteiger partial charge in [-0.1, -0.05) is 200 Å². The number of likely N-dealkylation sites (N-methyl/N-ethyl adjacent to an activating group) is 1. The molecule has 0 fully saturated rings. The number of hydrogen-bond donors (Lipinski definition) is 0. The number of aliphatic carboxylic acids is 1. The van der Waals surface area contributed by atoms with E-state index in [9.17, 15) is 19.5 Å². The van der Waals surface area contributed by atoms with Gasteiger partial charge in [0.05, 0.1) is 40.3 Å². The fourth-order valence-electron chi connectivity index (χ4n) is 7.31. The van der Waals surface area contributed by atoms with E-state index in [0.717, 1.165) is 38.5 Å². The minimum absolute atomic E-state index is 0.0491. The molecular weight excluding hydrogens is 691 g/mol. The summed E-state index contributed by atoms with van der Waals surface area (Å²) < 4.78 is 17.2. The van der Waals surface area contributed by atoms with Gasteiger partial charge in [0.25, 0.3) is 0 Å². The lowest BCUT2D eigenvalue weighted by molar-refractivity contribution is -0.889. The number of carbonyl (C=O) groups excluding carboxylic acids is 3. The summed E-state index contributed by atoms with van der Waals surface area (Å²) >= 11 is 0. The topological polar surface area (TPSA) is 102 Å². The van der Waals surface area contributed by atoms with Crippen LogP contribution in [0.5, 0.6) is 0 Å². The molecule has 0 rings (SSSR count). The molecule has 0 heterocycles. The zero-order valence-electron chi connectivity index (χ0n) is 37.1. The third-order valence-electron chi connectivity index (χ3n) is 11.0. The van der Waals surface area contributed by atoms with Crippen LogP contribution >= 0.6 is 0 Å². The van der Waals surface area contributed by atoms with E-state index >= 15 is 0 Å². The van der Waals surface area contributed by atoms with E-state index in [4.69, 9.17) is 14.2 Å². The number of unbranched alkanes of at least 4 members (excludes halogenated alkanes) is 29. The number of carboxylic acid groups (broad SMARTS) is 1. The standard InChI is InChI=1S/C47H91NO7/c1-6-8-10-12-14-16-18-19-20-21-22-23-24-25-26-27-28-30-32-34-36-38-46(50)55-43(41-53-40-39-44(47(51)52)48(3,4)5)42-54-45(49)37-35-33-31-29-17-15-13-11-9-7-2/h43-44H,6-42H2,1-5H3. The number of ether oxygens (including phenoxy) is 3. The number of esters is 2. The van der Waals surface area contributed by atoms with Gasteiger partial charge in [0.15, 0.2) is 6.10 Å². The van der Waals surface area contributed by atoms with E-state index < -0.39 is 18.1 Å². The molecule has 0 amide bonds. The summed E-state index contributed by atoms with van der Waals surface area (Å²) in [5.41, 5.74) is 0. The van der Waals surface area contributed by atoms with E-state index in [1.165, 1.54) is 161 Å². The number of quaternary nitrogens is 1. The van der Waals surface area contributed by atoms with Gasteiger partial charge in [0.1, 0.15) is 12.6 Å². The average molecular weight is 782 g/mol. The molecular formula is C47H91NO7. The average Bonchev–Trinajstić information content (AvgIpc) is 3.14. The van der Waals surface area contributed by atoms with Crippen LogP contribution in [0.25, 0.3) is 0 Å². The van der Waals surface area contributed by atoms with Crippen LogP contribution in [0.1, 0.15) is 232 Å². The third-order valence-corrected chi connectivity index (χ3v) is 11.0. The number of hydrogen-bond acceptors (Lipinski definition) is 7. The molecule has 0 aromatic heterocycles. The highest BCUT2D eigenvalue weighted by Crippen LogP contribution is 2.16. The summed E-state index contributed by atoms with van der Waals surface area (Å²) in [7, 11) is 5.42. The molecule has 0 spiro atoms. The SMILES string of the molecule is CCCCCCCCCCCCCCCCCCCCCCCC(=O)OC(COCCC(C(=O)[O-])[N+](C)(C)C)COC(=O)CCCCCCCCCCCC. The zero-order valence-corrected chi connectivity index (χ0v) is 37.1. The molecule has 2 unspecified atom stereocenters. The van der Waals surface area contributed by atoms with Crippen molar-refractivity contribution in [2.75, 3.05) is 41.0 Å². The van der Waals surface area contributed by atoms with Gasteiger partial charge in [0, 0.05) is 19.3 Å². The predicted molar refractivity (Wildman–Crippen MR) is 227 cm³/mol. The highest BCUT2D eigenvalue weighted by molar-refractivity contribution is 5.70. The van der Waals surface area contributed by atoms with Gasteiger partial charge in [-0.15, -0.1) is 0 Å². The first-order valence-electron chi connectivity index (χ1n) is 23.6. The van der Waals surface area contributed by atoms with Gasteiger partial charge in [-0.25, -0.2) is 0 Å². The van der Waals surface area contributed by atoms with Gasteiger partial charge >= 0.3 is 11.9 Å². The van der Waals surface area contributed by atoms with Crippen molar-refractivity contribution in [2.45, 2.75) is 244 Å². The second-order valence-electron chi connectivity index (χ2n) is 17.4. The smallest absolute Gasteiger partial charge is 0.306 e. The fraction of sp³-hybridized carbons (Fsp3) is 0.936. The number of carboxylic acids is 1. The number of carbonyl (C=O) groups is 3. The summed E-state index contributed by atoms with van der Waals surface area (Å²) in [6, 6.07) is -0.719. The molecule has 55 heavy (non-hydrogen) atoms. The summed E-state index contributed by atoms with van der Waals surface area (Å²) in [5.74, 6) is -1.71. The molecule has 326 valence electrons. The van der Waals surface area contributed by atoms with Crippen LogP contribution < -0.4 is 5.11 Å². The molecule has 0 aromatic rings. The molecule has 0 saturated heterocycles. The molecule has 8 nitrogen and oxygen atoms in total. The molecule has 0 bridgehead atoms. The van der Waals surface area contributed by atoms with Crippen molar-refractivity contribution >= 4 is 17.9 Å². The molecule has 0 aliphatic heterocycles. The van der Waals surface area contributed by atoms with Crippen molar-refractivity contribution in [3.8, 4) is 0 Å². The second-order valence-corrected chi connectivity index (χ2v) is 17.4. The minimum Gasteiger partial charge on any atom is -0.544 e. The van der Waals surface area contributed by atoms with E-state index in [1.54, 1.807) is 21.1 Å². The lowest BCUT2D eigenvalue weighted by Crippen LogP contribution is -2.55. The first kappa shape index (κ1) is 53.3. The molecule has 0 aromatic carbocycles. The van der Waals surface area contributed by atoms with Gasteiger partial charge in [0.2, 0.25) is 0 Å². The molecule has 2 atom stereocenters. The molecule has 8 heteroatoms. The molecule has 0 aliphatic carbocycles. The Bertz CT molecular complexity index is 874. The molecule has 0 radical (unpaired) electrons. The van der Waals surface area contributed by atoms with E-state index in [2.05, 4.69) is 13.8 Å². The number of rotatable bonds is 43. The molecule has 0 saturated carbocycles. The van der Waals surface area contributed by atoms with Crippen LogP contribution in [0.2, 0.25) is 0 Å². The first-order chi connectivity index (χ1) is 26.6. The van der Waals surface area contributed by atoms with Crippen molar-refractivity contribution in [1.82, 2.24) is 0 Å². The van der Waals surface area contributed by atoms with Gasteiger partial charge < -0.3 is 28.6 Å². The van der Waals surface area contributed by atoms with Crippen LogP contribution in [0.4, 0.5) is 0 Å². The van der Waals surface area contributed by atoms with Crippen LogP contribution in [0.3, 0.4) is 0 Å². The van der Waals surface area contributed by atoms with Gasteiger partial charge in [-0.05, 0) is 12.8 Å². The van der Waals surface area contributed by atoms with E-state index in [1.807, 2.05) is 0 Å². The van der Waals surface area contributed by atoms with Gasteiger partial charge in [-0.3, -0.25) is 9.59 Å². The lowest BCUT2D eigenvalue weighted by atomic mass is 10.0. The van der Waals surface area contributed by atoms with Crippen LogP contribution in [-0.4, -0.2) is 75.5 Å². The van der Waals surface area contributed by atoms with Crippen LogP contribution in [0, 0.1) is 0 Å². The quantitative estimate of drug-likeness (QED) is 0.0345. The Labute approximate surface area is 340 Å². The Balaban J connectivity index is 4.16. The molecule has 0 aliphatic rings. The first-order valence-corrected chi connectivity index (χ1v) is 23.6. The van der Waals surface area contributed by atoms with Crippen molar-refractivity contribution in [3.05, 3.63) is 0 Å². The Morgan fingerprint density at radius 3 is 1.13 bits per heavy atom. The zero-order chi connectivity index (χ0) is 40.7. The normalized spacial score (nSPS) is 12.8. The van der Waals surface area contributed by atoms with Crippen molar-refractivity contribution in [1.29, 1.82) is 0 Å². The Morgan fingerprint density at radius 1 is 0.473 bits per heavy atom. The maximum absolute atomic E-state index is 12.7. The molecule has 0 N–H and O–H groups in total. The lowest BCUT2D eigenvalue weighted by Gasteiger charge is -2.34. The highest BCUT2D eigenvalue weighted by atomic mass is 16.6. The van der Waals surface area contributed by atoms with Crippen molar-refractivity contribution in [3.63, 3.8) is 0 Å². The Kier molecular flexibility index (Phi) is 38.0. The van der Waals surface area contributed by atoms with Gasteiger partial charge in [-0.2, -0.15) is 0 Å². The minimum atomic E-state index is -1.12. The number of nitrogens with zero attached hydrogens (tertiary/aromatic N) is 1. The van der Waals surface area contributed by atoms with Crippen LogP contribution in [0.15, 0.2) is 0 Å². The maximum atomic E-state index is 12.7.